The number of ether oxygens (including phenoxy) is 1. The van der Waals surface area contributed by atoms with E-state index in [2.05, 4.69) is 42.5 Å². The smallest absolute Gasteiger partial charge is 0.119 e. The van der Waals surface area contributed by atoms with Crippen LogP contribution in [0.25, 0.3) is 0 Å². The molecule has 0 bridgehead atoms. The fourth-order valence-electron chi connectivity index (χ4n) is 2.81. The van der Waals surface area contributed by atoms with Crippen LogP contribution in [-0.4, -0.2) is 38.2 Å². The summed E-state index contributed by atoms with van der Waals surface area (Å²) in [4.78, 5) is 2.46. The molecule has 1 aromatic carbocycles. The van der Waals surface area contributed by atoms with E-state index in [0.29, 0.717) is 12.1 Å². The zero-order chi connectivity index (χ0) is 13.0. The van der Waals surface area contributed by atoms with Gasteiger partial charge in [-0.05, 0) is 51.1 Å². The molecule has 1 fully saturated rings. The first kappa shape index (κ1) is 13.4. The maximum absolute atomic E-state index is 5.27. The van der Waals surface area contributed by atoms with Crippen LogP contribution in [0.2, 0.25) is 0 Å². The second-order valence-electron chi connectivity index (χ2n) is 5.22. The number of rotatable bonds is 5. The molecular formula is C15H24N2O. The number of benzene rings is 1. The van der Waals surface area contributed by atoms with Gasteiger partial charge in [0, 0.05) is 18.6 Å². The van der Waals surface area contributed by atoms with E-state index in [1.54, 1.807) is 7.11 Å². The lowest BCUT2D eigenvalue weighted by molar-refractivity contribution is 0.234. The third-order valence-corrected chi connectivity index (χ3v) is 4.00. The van der Waals surface area contributed by atoms with Crippen molar-refractivity contribution in [3.63, 3.8) is 0 Å². The minimum Gasteiger partial charge on any atom is -0.497 e. The van der Waals surface area contributed by atoms with Crippen molar-refractivity contribution in [2.75, 3.05) is 21.2 Å². The highest BCUT2D eigenvalue weighted by molar-refractivity contribution is 5.28. The SMILES string of the molecule is CNC1CCC(N(C)Cc2cccc(OC)c2)C1. The Labute approximate surface area is 110 Å². The van der Waals surface area contributed by atoms with Gasteiger partial charge in [0.05, 0.1) is 7.11 Å². The van der Waals surface area contributed by atoms with Crippen LogP contribution in [0.3, 0.4) is 0 Å². The fourth-order valence-corrected chi connectivity index (χ4v) is 2.81. The van der Waals surface area contributed by atoms with Crippen LogP contribution in [0.4, 0.5) is 0 Å². The lowest BCUT2D eigenvalue weighted by Gasteiger charge is -2.24. The summed E-state index contributed by atoms with van der Waals surface area (Å²) in [5.41, 5.74) is 1.32. The normalized spacial score (nSPS) is 23.6. The van der Waals surface area contributed by atoms with Crippen molar-refractivity contribution < 1.29 is 4.74 Å². The molecule has 2 atom stereocenters. The minimum atomic E-state index is 0.697. The monoisotopic (exact) mass is 248 g/mol. The van der Waals surface area contributed by atoms with Crippen molar-refractivity contribution in [1.29, 1.82) is 0 Å². The number of nitrogens with one attached hydrogen (secondary N) is 1. The van der Waals surface area contributed by atoms with Gasteiger partial charge in [0.15, 0.2) is 0 Å². The summed E-state index contributed by atoms with van der Waals surface area (Å²) in [5, 5.41) is 3.38. The molecule has 1 aromatic rings. The van der Waals surface area contributed by atoms with Crippen molar-refractivity contribution in [3.8, 4) is 5.75 Å². The first-order valence-corrected chi connectivity index (χ1v) is 6.73. The zero-order valence-electron chi connectivity index (χ0n) is 11.6. The number of methoxy groups -OCH3 is 1. The third kappa shape index (κ3) is 3.24. The summed E-state index contributed by atoms with van der Waals surface area (Å²) in [6.45, 7) is 0.998. The molecule has 18 heavy (non-hydrogen) atoms. The van der Waals surface area contributed by atoms with Gasteiger partial charge in [0.1, 0.15) is 5.75 Å². The van der Waals surface area contributed by atoms with Gasteiger partial charge in [0.2, 0.25) is 0 Å². The van der Waals surface area contributed by atoms with E-state index in [-0.39, 0.29) is 0 Å². The Kier molecular flexibility index (Phi) is 4.61. The number of nitrogens with zero attached hydrogens (tertiary/aromatic N) is 1. The highest BCUT2D eigenvalue weighted by Crippen LogP contribution is 2.24. The van der Waals surface area contributed by atoms with Gasteiger partial charge in [-0.15, -0.1) is 0 Å². The van der Waals surface area contributed by atoms with Crippen LogP contribution in [0.1, 0.15) is 24.8 Å². The zero-order valence-corrected chi connectivity index (χ0v) is 11.6. The topological polar surface area (TPSA) is 24.5 Å². The lowest BCUT2D eigenvalue weighted by Crippen LogP contribution is -2.31. The maximum Gasteiger partial charge on any atom is 0.119 e. The first-order chi connectivity index (χ1) is 8.72. The Morgan fingerprint density at radius 3 is 2.89 bits per heavy atom. The number of hydrogen-bond acceptors (Lipinski definition) is 3. The van der Waals surface area contributed by atoms with Crippen LogP contribution in [-0.2, 0) is 6.54 Å². The van der Waals surface area contributed by atoms with Crippen molar-refractivity contribution in [2.45, 2.75) is 37.9 Å². The molecule has 0 radical (unpaired) electrons. The number of hydrogen-bond donors (Lipinski definition) is 1. The molecule has 1 aliphatic rings. The third-order valence-electron chi connectivity index (χ3n) is 4.00. The molecule has 1 N–H and O–H groups in total. The quantitative estimate of drug-likeness (QED) is 0.865. The van der Waals surface area contributed by atoms with Gasteiger partial charge < -0.3 is 10.1 Å². The van der Waals surface area contributed by atoms with Crippen LogP contribution in [0.15, 0.2) is 24.3 Å². The standard InChI is InChI=1S/C15H24N2O/c1-16-13-7-8-14(10-13)17(2)11-12-5-4-6-15(9-12)18-3/h4-6,9,13-14,16H,7-8,10-11H2,1-3H3. The van der Waals surface area contributed by atoms with E-state index < -0.39 is 0 Å². The molecule has 0 aromatic heterocycles. The van der Waals surface area contributed by atoms with Crippen LogP contribution >= 0.6 is 0 Å². The predicted octanol–water partition coefficient (Wildman–Crippen LogP) is 2.27. The summed E-state index contributed by atoms with van der Waals surface area (Å²) in [6.07, 6.45) is 3.85. The van der Waals surface area contributed by atoms with Gasteiger partial charge in [0.25, 0.3) is 0 Å². The van der Waals surface area contributed by atoms with E-state index in [1.807, 2.05) is 6.07 Å². The Balaban J connectivity index is 1.92. The van der Waals surface area contributed by atoms with Gasteiger partial charge in [-0.1, -0.05) is 12.1 Å². The molecule has 1 saturated carbocycles. The molecule has 0 amide bonds. The van der Waals surface area contributed by atoms with Crippen molar-refractivity contribution in [1.82, 2.24) is 10.2 Å². The summed E-state index contributed by atoms with van der Waals surface area (Å²) in [6, 6.07) is 9.75. The van der Waals surface area contributed by atoms with E-state index in [4.69, 9.17) is 4.74 Å². The van der Waals surface area contributed by atoms with Crippen molar-refractivity contribution >= 4 is 0 Å². The molecular weight excluding hydrogens is 224 g/mol. The maximum atomic E-state index is 5.27. The molecule has 0 spiro atoms. The van der Waals surface area contributed by atoms with Crippen LogP contribution in [0.5, 0.6) is 5.75 Å². The molecule has 0 saturated heterocycles. The fraction of sp³-hybridized carbons (Fsp3) is 0.600. The molecule has 100 valence electrons. The largest absolute Gasteiger partial charge is 0.497 e. The Morgan fingerprint density at radius 2 is 2.22 bits per heavy atom. The van der Waals surface area contributed by atoms with Crippen LogP contribution in [0, 0.1) is 0 Å². The second-order valence-corrected chi connectivity index (χ2v) is 5.22. The summed E-state index contributed by atoms with van der Waals surface area (Å²) < 4.78 is 5.27. The van der Waals surface area contributed by atoms with Crippen molar-refractivity contribution in [2.24, 2.45) is 0 Å². The molecule has 1 aliphatic carbocycles. The van der Waals surface area contributed by atoms with E-state index >= 15 is 0 Å². The van der Waals surface area contributed by atoms with E-state index in [9.17, 15) is 0 Å². The summed E-state index contributed by atoms with van der Waals surface area (Å²) >= 11 is 0. The van der Waals surface area contributed by atoms with Gasteiger partial charge in [-0.2, -0.15) is 0 Å². The average molecular weight is 248 g/mol. The highest BCUT2D eigenvalue weighted by Gasteiger charge is 2.26. The predicted molar refractivity (Wildman–Crippen MR) is 74.9 cm³/mol. The average Bonchev–Trinajstić information content (AvgIpc) is 2.88. The van der Waals surface area contributed by atoms with Gasteiger partial charge in [-0.3, -0.25) is 4.90 Å². The molecule has 0 heterocycles. The summed E-state index contributed by atoms with van der Waals surface area (Å²) in [5.74, 6) is 0.945. The summed E-state index contributed by atoms with van der Waals surface area (Å²) in [7, 11) is 6.01. The molecule has 2 unspecified atom stereocenters. The Morgan fingerprint density at radius 1 is 1.39 bits per heavy atom. The molecule has 3 nitrogen and oxygen atoms in total. The molecule has 0 aliphatic heterocycles. The first-order valence-electron chi connectivity index (χ1n) is 6.73. The lowest BCUT2D eigenvalue weighted by atomic mass is 10.1. The van der Waals surface area contributed by atoms with E-state index in [1.165, 1.54) is 24.8 Å². The van der Waals surface area contributed by atoms with Gasteiger partial charge in [-0.25, -0.2) is 0 Å². The Hall–Kier alpha value is -1.06. The molecule has 2 rings (SSSR count). The van der Waals surface area contributed by atoms with Crippen LogP contribution < -0.4 is 10.1 Å². The second kappa shape index (κ2) is 6.21. The highest BCUT2D eigenvalue weighted by atomic mass is 16.5. The Bertz CT molecular complexity index is 381. The minimum absolute atomic E-state index is 0.697. The molecule has 3 heteroatoms. The van der Waals surface area contributed by atoms with E-state index in [0.717, 1.165) is 12.3 Å². The van der Waals surface area contributed by atoms with Gasteiger partial charge >= 0.3 is 0 Å². The van der Waals surface area contributed by atoms with Crippen molar-refractivity contribution in [3.05, 3.63) is 29.8 Å².